The Balaban J connectivity index is 1.90. The molecule has 2 aromatic rings. The molecule has 1 aliphatic heterocycles. The van der Waals surface area contributed by atoms with Crippen molar-refractivity contribution < 1.29 is 9.53 Å². The van der Waals surface area contributed by atoms with Gasteiger partial charge in [0.25, 0.3) is 0 Å². The number of carbonyl (C=O) groups excluding carboxylic acids is 1. The molecule has 7 heteroatoms. The number of aryl methyl sites for hydroxylation is 1. The van der Waals surface area contributed by atoms with Gasteiger partial charge in [-0.25, -0.2) is 0 Å². The summed E-state index contributed by atoms with van der Waals surface area (Å²) < 4.78 is 5.25. The average Bonchev–Trinajstić information content (AvgIpc) is 2.60. The summed E-state index contributed by atoms with van der Waals surface area (Å²) in [6.07, 6.45) is 1.48. The van der Waals surface area contributed by atoms with Gasteiger partial charge in [0.05, 0.1) is 41.5 Å². The van der Waals surface area contributed by atoms with Crippen molar-refractivity contribution in [1.82, 2.24) is 9.88 Å². The number of rotatable bonds is 3. The van der Waals surface area contributed by atoms with Crippen molar-refractivity contribution in [3.8, 4) is 6.07 Å². The van der Waals surface area contributed by atoms with Crippen LogP contribution in [-0.2, 0) is 9.53 Å². The molecule has 1 amide bonds. The first-order valence-corrected chi connectivity index (χ1v) is 8.06. The summed E-state index contributed by atoms with van der Waals surface area (Å²) in [5.41, 5.74) is 2.56. The number of nitrogens with one attached hydrogen (secondary N) is 1. The van der Waals surface area contributed by atoms with Gasteiger partial charge in [-0.1, -0.05) is 11.6 Å². The van der Waals surface area contributed by atoms with Crippen LogP contribution in [0.15, 0.2) is 18.3 Å². The van der Waals surface area contributed by atoms with E-state index >= 15 is 0 Å². The third-order valence-electron chi connectivity index (χ3n) is 3.97. The molecule has 3 rings (SSSR count). The molecule has 0 saturated carbocycles. The van der Waals surface area contributed by atoms with Gasteiger partial charge < -0.3 is 15.0 Å². The molecule has 0 aliphatic carbocycles. The number of morpholine rings is 1. The second-order valence-corrected chi connectivity index (χ2v) is 6.06. The number of nitrogens with zero attached hydrogens (tertiary/aromatic N) is 3. The van der Waals surface area contributed by atoms with Gasteiger partial charge in [0.15, 0.2) is 0 Å². The highest BCUT2D eigenvalue weighted by molar-refractivity contribution is 6.35. The number of hydrogen-bond acceptors (Lipinski definition) is 5. The van der Waals surface area contributed by atoms with E-state index in [4.69, 9.17) is 16.3 Å². The SMILES string of the molecule is Cc1cc(Cl)c2ncc(C#N)c(NCC(=O)N3CCOCC3)c2c1. The van der Waals surface area contributed by atoms with Crippen LogP contribution >= 0.6 is 11.6 Å². The van der Waals surface area contributed by atoms with Gasteiger partial charge in [-0.05, 0) is 24.6 Å². The van der Waals surface area contributed by atoms with Crippen LogP contribution in [0.5, 0.6) is 0 Å². The minimum absolute atomic E-state index is 0.0223. The average molecular weight is 345 g/mol. The van der Waals surface area contributed by atoms with Crippen LogP contribution in [0.4, 0.5) is 5.69 Å². The number of aromatic nitrogens is 1. The molecule has 1 aromatic heterocycles. The third kappa shape index (κ3) is 3.28. The second kappa shape index (κ2) is 7.04. The molecule has 1 fully saturated rings. The Kier molecular flexibility index (Phi) is 4.84. The van der Waals surface area contributed by atoms with Gasteiger partial charge in [-0.3, -0.25) is 9.78 Å². The molecule has 1 saturated heterocycles. The third-order valence-corrected chi connectivity index (χ3v) is 4.26. The van der Waals surface area contributed by atoms with Crippen LogP contribution in [-0.4, -0.2) is 48.6 Å². The van der Waals surface area contributed by atoms with Gasteiger partial charge in [-0.2, -0.15) is 5.26 Å². The normalized spacial score (nSPS) is 14.5. The standard InChI is InChI=1S/C17H17ClN4O2/c1-11-6-13-16(12(8-19)9-20-17(13)14(18)7-11)21-10-15(23)22-2-4-24-5-3-22/h6-7,9H,2-5,10H2,1H3,(H,20,21). The largest absolute Gasteiger partial charge is 0.378 e. The second-order valence-electron chi connectivity index (χ2n) is 5.65. The molecule has 6 nitrogen and oxygen atoms in total. The van der Waals surface area contributed by atoms with Crippen molar-refractivity contribution in [2.24, 2.45) is 0 Å². The minimum Gasteiger partial charge on any atom is -0.378 e. The Hall–Kier alpha value is -2.36. The molecule has 2 heterocycles. The molecule has 124 valence electrons. The lowest BCUT2D eigenvalue weighted by molar-refractivity contribution is -0.133. The summed E-state index contributed by atoms with van der Waals surface area (Å²) in [4.78, 5) is 18.3. The lowest BCUT2D eigenvalue weighted by atomic mass is 10.1. The quantitative estimate of drug-likeness (QED) is 0.924. The molecule has 1 N–H and O–H groups in total. The highest BCUT2D eigenvalue weighted by Gasteiger charge is 2.18. The summed E-state index contributed by atoms with van der Waals surface area (Å²) in [5.74, 6) is -0.0223. The van der Waals surface area contributed by atoms with E-state index in [0.29, 0.717) is 48.1 Å². The first-order valence-electron chi connectivity index (χ1n) is 7.68. The van der Waals surface area contributed by atoms with Crippen molar-refractivity contribution in [3.63, 3.8) is 0 Å². The lowest BCUT2D eigenvalue weighted by Gasteiger charge is -2.27. The van der Waals surface area contributed by atoms with Crippen LogP contribution in [0.3, 0.4) is 0 Å². The Labute approximate surface area is 145 Å². The fourth-order valence-corrected chi connectivity index (χ4v) is 3.08. The van der Waals surface area contributed by atoms with Gasteiger partial charge in [0.1, 0.15) is 6.07 Å². The number of nitriles is 1. The number of amides is 1. The van der Waals surface area contributed by atoms with Crippen LogP contribution in [0.25, 0.3) is 10.9 Å². The van der Waals surface area contributed by atoms with Crippen LogP contribution in [0.2, 0.25) is 5.02 Å². The van der Waals surface area contributed by atoms with E-state index in [1.165, 1.54) is 6.20 Å². The van der Waals surface area contributed by atoms with E-state index in [1.807, 2.05) is 19.1 Å². The highest BCUT2D eigenvalue weighted by Crippen LogP contribution is 2.31. The van der Waals surface area contributed by atoms with Crippen molar-refractivity contribution in [1.29, 1.82) is 5.26 Å². The maximum absolute atomic E-state index is 12.3. The molecular formula is C17H17ClN4O2. The molecule has 0 spiro atoms. The molecule has 0 radical (unpaired) electrons. The van der Waals surface area contributed by atoms with E-state index in [0.717, 1.165) is 10.9 Å². The molecule has 24 heavy (non-hydrogen) atoms. The van der Waals surface area contributed by atoms with Crippen LogP contribution in [0, 0.1) is 18.3 Å². The van der Waals surface area contributed by atoms with Crippen molar-refractivity contribution in [2.45, 2.75) is 6.92 Å². The van der Waals surface area contributed by atoms with Crippen molar-refractivity contribution in [2.75, 3.05) is 38.2 Å². The Morgan fingerprint density at radius 1 is 1.46 bits per heavy atom. The van der Waals surface area contributed by atoms with E-state index in [1.54, 1.807) is 4.90 Å². The smallest absolute Gasteiger partial charge is 0.242 e. The number of pyridine rings is 1. The fraction of sp³-hybridized carbons (Fsp3) is 0.353. The van der Waals surface area contributed by atoms with E-state index < -0.39 is 0 Å². The number of anilines is 1. The van der Waals surface area contributed by atoms with Gasteiger partial charge in [-0.15, -0.1) is 0 Å². The van der Waals surface area contributed by atoms with Crippen LogP contribution in [0.1, 0.15) is 11.1 Å². The van der Waals surface area contributed by atoms with Crippen molar-refractivity contribution >= 4 is 34.1 Å². The zero-order chi connectivity index (χ0) is 17.1. The molecule has 0 bridgehead atoms. The molecule has 1 aromatic carbocycles. The molecule has 1 aliphatic rings. The zero-order valence-corrected chi connectivity index (χ0v) is 14.1. The summed E-state index contributed by atoms with van der Waals surface area (Å²) in [6, 6.07) is 5.86. The van der Waals surface area contributed by atoms with Crippen molar-refractivity contribution in [3.05, 3.63) is 34.5 Å². The Morgan fingerprint density at radius 3 is 2.92 bits per heavy atom. The predicted octanol–water partition coefficient (Wildman–Crippen LogP) is 2.34. The predicted molar refractivity (Wildman–Crippen MR) is 92.1 cm³/mol. The van der Waals surface area contributed by atoms with Gasteiger partial charge >= 0.3 is 0 Å². The van der Waals surface area contributed by atoms with Gasteiger partial charge in [0, 0.05) is 24.7 Å². The van der Waals surface area contributed by atoms with E-state index in [2.05, 4.69) is 16.4 Å². The zero-order valence-electron chi connectivity index (χ0n) is 13.3. The Bertz CT molecular complexity index is 825. The minimum atomic E-state index is -0.0223. The highest BCUT2D eigenvalue weighted by atomic mass is 35.5. The van der Waals surface area contributed by atoms with E-state index in [9.17, 15) is 10.1 Å². The number of halogens is 1. The molecular weight excluding hydrogens is 328 g/mol. The number of benzene rings is 1. The molecule has 0 atom stereocenters. The number of fused-ring (bicyclic) bond motifs is 1. The fourth-order valence-electron chi connectivity index (χ4n) is 2.76. The summed E-state index contributed by atoms with van der Waals surface area (Å²) in [5, 5.41) is 13.7. The summed E-state index contributed by atoms with van der Waals surface area (Å²) in [6.45, 7) is 4.33. The Morgan fingerprint density at radius 2 is 2.21 bits per heavy atom. The monoisotopic (exact) mass is 344 g/mol. The van der Waals surface area contributed by atoms with Crippen LogP contribution < -0.4 is 5.32 Å². The molecule has 0 unspecified atom stereocenters. The first kappa shape index (κ1) is 16.5. The summed E-state index contributed by atoms with van der Waals surface area (Å²) >= 11 is 6.25. The lowest BCUT2D eigenvalue weighted by Crippen LogP contribution is -2.43. The number of ether oxygens (including phenoxy) is 1. The van der Waals surface area contributed by atoms with Gasteiger partial charge in [0.2, 0.25) is 5.91 Å². The number of carbonyl (C=O) groups is 1. The maximum atomic E-state index is 12.3. The first-order chi connectivity index (χ1) is 11.6. The van der Waals surface area contributed by atoms with E-state index in [-0.39, 0.29) is 12.5 Å². The topological polar surface area (TPSA) is 78.2 Å². The number of hydrogen-bond donors (Lipinski definition) is 1. The summed E-state index contributed by atoms with van der Waals surface area (Å²) in [7, 11) is 0. The maximum Gasteiger partial charge on any atom is 0.242 e.